The third kappa shape index (κ3) is 3.72. The van der Waals surface area contributed by atoms with Crippen molar-refractivity contribution in [3.8, 4) is 17.0 Å². The van der Waals surface area contributed by atoms with Gasteiger partial charge in [0.05, 0.1) is 18.7 Å². The molecule has 5 nitrogen and oxygen atoms in total. The van der Waals surface area contributed by atoms with E-state index in [1.165, 1.54) is 0 Å². The van der Waals surface area contributed by atoms with Crippen LogP contribution in [0.1, 0.15) is 18.9 Å². The highest BCUT2D eigenvalue weighted by Crippen LogP contribution is 2.27. The van der Waals surface area contributed by atoms with E-state index in [0.29, 0.717) is 18.1 Å². The Morgan fingerprint density at radius 2 is 2.00 bits per heavy atom. The van der Waals surface area contributed by atoms with Crippen LogP contribution in [0, 0.1) is 0 Å². The maximum atomic E-state index is 11.9. The smallest absolute Gasteiger partial charge is 0.308 e. The molecule has 1 heterocycles. The number of para-hydroxylation sites is 1. The van der Waals surface area contributed by atoms with Crippen molar-refractivity contribution < 1.29 is 14.6 Å². The topological polar surface area (TPSA) is 79.4 Å². The Morgan fingerprint density at radius 1 is 1.24 bits per heavy atom. The van der Waals surface area contributed by atoms with E-state index in [9.17, 15) is 9.59 Å². The molecule has 0 amide bonds. The largest absolute Gasteiger partial charge is 0.493 e. The number of nitrogens with one attached hydrogen (secondary N) is 1. The zero-order valence-corrected chi connectivity index (χ0v) is 11.8. The van der Waals surface area contributed by atoms with Gasteiger partial charge in [0.1, 0.15) is 5.75 Å². The first-order valence-corrected chi connectivity index (χ1v) is 6.78. The number of aromatic amines is 1. The van der Waals surface area contributed by atoms with Crippen LogP contribution in [-0.2, 0) is 11.2 Å². The molecular formula is C16H17NO4. The van der Waals surface area contributed by atoms with Gasteiger partial charge in [0.25, 0.3) is 5.56 Å². The standard InChI is InChI=1S/C16H17NO4/c1-2-9-21-14-6-4-3-5-12(14)13-8-7-11(10-15(18)19)16(20)17-13/h3-8H,2,9-10H2,1H3,(H,17,20)(H,18,19). The van der Waals surface area contributed by atoms with Crippen LogP contribution in [0.5, 0.6) is 5.75 Å². The number of benzene rings is 1. The van der Waals surface area contributed by atoms with E-state index in [0.717, 1.165) is 12.0 Å². The Labute approximate surface area is 122 Å². The van der Waals surface area contributed by atoms with Crippen LogP contribution >= 0.6 is 0 Å². The summed E-state index contributed by atoms with van der Waals surface area (Å²) in [6.07, 6.45) is 0.603. The predicted octanol–water partition coefficient (Wildman–Crippen LogP) is 2.46. The van der Waals surface area contributed by atoms with Crippen molar-refractivity contribution in [3.63, 3.8) is 0 Å². The first-order chi connectivity index (χ1) is 10.1. The molecule has 0 unspecified atom stereocenters. The highest BCUT2D eigenvalue weighted by molar-refractivity contribution is 5.71. The normalized spacial score (nSPS) is 10.3. The van der Waals surface area contributed by atoms with E-state index in [-0.39, 0.29) is 17.5 Å². The number of hydrogen-bond acceptors (Lipinski definition) is 3. The Bertz CT molecular complexity index is 691. The van der Waals surface area contributed by atoms with Gasteiger partial charge < -0.3 is 14.8 Å². The molecule has 0 aliphatic heterocycles. The number of carboxylic acids is 1. The fraction of sp³-hybridized carbons (Fsp3) is 0.250. The van der Waals surface area contributed by atoms with Crippen molar-refractivity contribution in [2.45, 2.75) is 19.8 Å². The number of pyridine rings is 1. The number of rotatable bonds is 6. The minimum Gasteiger partial charge on any atom is -0.493 e. The van der Waals surface area contributed by atoms with Crippen molar-refractivity contribution in [2.75, 3.05) is 6.61 Å². The van der Waals surface area contributed by atoms with Crippen molar-refractivity contribution in [1.29, 1.82) is 0 Å². The molecule has 0 aliphatic carbocycles. The van der Waals surface area contributed by atoms with Gasteiger partial charge in [-0.1, -0.05) is 25.1 Å². The molecule has 0 atom stereocenters. The van der Waals surface area contributed by atoms with Crippen LogP contribution in [0.2, 0.25) is 0 Å². The fourth-order valence-electron chi connectivity index (χ4n) is 1.99. The quantitative estimate of drug-likeness (QED) is 0.855. The SMILES string of the molecule is CCCOc1ccccc1-c1ccc(CC(=O)O)c(=O)[nH]1. The molecule has 0 spiro atoms. The first kappa shape index (κ1) is 14.8. The number of ether oxygens (including phenoxy) is 1. The van der Waals surface area contributed by atoms with Crippen LogP contribution in [0.25, 0.3) is 11.3 Å². The summed E-state index contributed by atoms with van der Waals surface area (Å²) in [4.78, 5) is 25.3. The average Bonchev–Trinajstić information content (AvgIpc) is 2.47. The van der Waals surface area contributed by atoms with E-state index in [4.69, 9.17) is 9.84 Å². The van der Waals surface area contributed by atoms with E-state index >= 15 is 0 Å². The average molecular weight is 287 g/mol. The molecule has 5 heteroatoms. The van der Waals surface area contributed by atoms with Crippen LogP contribution in [0.15, 0.2) is 41.2 Å². The Morgan fingerprint density at radius 3 is 2.67 bits per heavy atom. The lowest BCUT2D eigenvalue weighted by molar-refractivity contribution is -0.136. The van der Waals surface area contributed by atoms with Gasteiger partial charge >= 0.3 is 5.97 Å². The fourth-order valence-corrected chi connectivity index (χ4v) is 1.99. The maximum Gasteiger partial charge on any atom is 0.308 e. The van der Waals surface area contributed by atoms with Gasteiger partial charge in [-0.2, -0.15) is 0 Å². The van der Waals surface area contributed by atoms with Gasteiger partial charge in [0, 0.05) is 11.1 Å². The Kier molecular flexibility index (Phi) is 4.77. The molecule has 0 bridgehead atoms. The molecule has 110 valence electrons. The van der Waals surface area contributed by atoms with Crippen molar-refractivity contribution >= 4 is 5.97 Å². The molecule has 0 saturated carbocycles. The summed E-state index contributed by atoms with van der Waals surface area (Å²) in [5.74, 6) is -0.332. The number of carbonyl (C=O) groups is 1. The lowest BCUT2D eigenvalue weighted by Gasteiger charge is -2.11. The second-order valence-electron chi connectivity index (χ2n) is 4.64. The number of H-pyrrole nitrogens is 1. The molecule has 0 saturated heterocycles. The number of carboxylic acid groups (broad SMARTS) is 1. The number of hydrogen-bond donors (Lipinski definition) is 2. The molecule has 2 rings (SSSR count). The second-order valence-corrected chi connectivity index (χ2v) is 4.64. The molecule has 21 heavy (non-hydrogen) atoms. The summed E-state index contributed by atoms with van der Waals surface area (Å²) in [7, 11) is 0. The van der Waals surface area contributed by atoms with E-state index in [1.807, 2.05) is 31.2 Å². The van der Waals surface area contributed by atoms with Crippen molar-refractivity contribution in [1.82, 2.24) is 4.98 Å². The molecule has 1 aromatic heterocycles. The van der Waals surface area contributed by atoms with E-state index in [1.54, 1.807) is 12.1 Å². The summed E-state index contributed by atoms with van der Waals surface area (Å²) in [5, 5.41) is 8.75. The van der Waals surface area contributed by atoms with Gasteiger partial charge in [-0.15, -0.1) is 0 Å². The predicted molar refractivity (Wildman–Crippen MR) is 79.6 cm³/mol. The molecule has 1 aromatic carbocycles. The third-order valence-corrected chi connectivity index (χ3v) is 2.97. The zero-order valence-electron chi connectivity index (χ0n) is 11.8. The zero-order chi connectivity index (χ0) is 15.2. The minimum absolute atomic E-state index is 0.234. The lowest BCUT2D eigenvalue weighted by atomic mass is 10.1. The van der Waals surface area contributed by atoms with Crippen LogP contribution in [-0.4, -0.2) is 22.7 Å². The van der Waals surface area contributed by atoms with Gasteiger partial charge in [-0.3, -0.25) is 9.59 Å². The Balaban J connectivity index is 2.36. The minimum atomic E-state index is -1.03. The highest BCUT2D eigenvalue weighted by Gasteiger charge is 2.10. The number of aromatic nitrogens is 1. The van der Waals surface area contributed by atoms with Crippen LogP contribution < -0.4 is 10.3 Å². The molecule has 2 N–H and O–H groups in total. The summed E-state index contributed by atoms with van der Waals surface area (Å²) in [6.45, 7) is 2.61. The number of aliphatic carboxylic acids is 1. The van der Waals surface area contributed by atoms with Crippen molar-refractivity contribution in [2.24, 2.45) is 0 Å². The van der Waals surface area contributed by atoms with Crippen LogP contribution in [0.4, 0.5) is 0 Å². The summed E-state index contributed by atoms with van der Waals surface area (Å²) >= 11 is 0. The van der Waals surface area contributed by atoms with Crippen LogP contribution in [0.3, 0.4) is 0 Å². The Hall–Kier alpha value is -2.56. The molecule has 0 aliphatic rings. The monoisotopic (exact) mass is 287 g/mol. The van der Waals surface area contributed by atoms with Gasteiger partial charge in [0.15, 0.2) is 0 Å². The molecule has 0 fully saturated rings. The summed E-state index contributed by atoms with van der Waals surface area (Å²) < 4.78 is 5.66. The molecular weight excluding hydrogens is 270 g/mol. The van der Waals surface area contributed by atoms with Crippen molar-refractivity contribution in [3.05, 3.63) is 52.3 Å². The third-order valence-electron chi connectivity index (χ3n) is 2.97. The van der Waals surface area contributed by atoms with E-state index < -0.39 is 5.97 Å². The molecule has 2 aromatic rings. The maximum absolute atomic E-state index is 11.9. The highest BCUT2D eigenvalue weighted by atomic mass is 16.5. The molecule has 0 radical (unpaired) electrons. The lowest BCUT2D eigenvalue weighted by Crippen LogP contribution is -2.16. The first-order valence-electron chi connectivity index (χ1n) is 6.78. The van der Waals surface area contributed by atoms with Gasteiger partial charge in [-0.05, 0) is 24.6 Å². The summed E-state index contributed by atoms with van der Waals surface area (Å²) in [6, 6.07) is 10.7. The van der Waals surface area contributed by atoms with Gasteiger partial charge in [0.2, 0.25) is 0 Å². The van der Waals surface area contributed by atoms with E-state index in [2.05, 4.69) is 4.98 Å². The van der Waals surface area contributed by atoms with Gasteiger partial charge in [-0.25, -0.2) is 0 Å². The second kappa shape index (κ2) is 6.74. The summed E-state index contributed by atoms with van der Waals surface area (Å²) in [5.41, 5.74) is 1.24.